The van der Waals surface area contributed by atoms with Gasteiger partial charge in [0.2, 0.25) is 5.01 Å². The first-order valence-electron chi connectivity index (χ1n) is 10.3. The lowest BCUT2D eigenvalue weighted by molar-refractivity contribution is -0.144. The minimum atomic E-state index is -0.623. The summed E-state index contributed by atoms with van der Waals surface area (Å²) in [5.74, 6) is -0.481. The number of nitrogens with one attached hydrogen (secondary N) is 1. The molecule has 170 valence electrons. The fourth-order valence-electron chi connectivity index (χ4n) is 3.23. The summed E-state index contributed by atoms with van der Waals surface area (Å²) >= 11 is 1.05. The van der Waals surface area contributed by atoms with Gasteiger partial charge in [0, 0.05) is 12.2 Å². The van der Waals surface area contributed by atoms with E-state index < -0.39 is 12.1 Å². The fourth-order valence-corrected chi connectivity index (χ4v) is 3.88. The van der Waals surface area contributed by atoms with Crippen LogP contribution >= 0.6 is 11.3 Å². The molecule has 2 aromatic carbocycles. The number of aromatic nitrogens is 2. The highest BCUT2D eigenvalue weighted by molar-refractivity contribution is 7.13. The lowest BCUT2D eigenvalue weighted by Crippen LogP contribution is -2.45. The number of esters is 1. The number of para-hydroxylation sites is 2. The minimum Gasteiger partial charge on any atom is -0.479 e. The first kappa shape index (κ1) is 22.4. The predicted octanol–water partition coefficient (Wildman–Crippen LogP) is 3.35. The van der Waals surface area contributed by atoms with E-state index in [0.717, 1.165) is 16.9 Å². The van der Waals surface area contributed by atoms with Gasteiger partial charge in [-0.2, -0.15) is 0 Å². The highest BCUT2D eigenvalue weighted by atomic mass is 32.1. The average Bonchev–Trinajstić information content (AvgIpc) is 3.29. The quantitative estimate of drug-likeness (QED) is 0.532. The zero-order chi connectivity index (χ0) is 23.4. The molecular weight excluding hydrogens is 444 g/mol. The van der Waals surface area contributed by atoms with E-state index >= 15 is 0 Å². The molecule has 0 aliphatic carbocycles. The number of rotatable bonds is 7. The van der Waals surface area contributed by atoms with Gasteiger partial charge < -0.3 is 19.7 Å². The molecule has 4 rings (SSSR count). The molecule has 1 aliphatic heterocycles. The molecule has 1 aromatic heterocycles. The van der Waals surface area contributed by atoms with Crippen LogP contribution < -0.4 is 15.0 Å². The molecule has 1 atom stereocenters. The smallest absolute Gasteiger partial charge is 0.308 e. The largest absolute Gasteiger partial charge is 0.479 e. The van der Waals surface area contributed by atoms with E-state index in [0.29, 0.717) is 22.1 Å². The third kappa shape index (κ3) is 5.35. The zero-order valence-electron chi connectivity index (χ0n) is 18.1. The molecule has 33 heavy (non-hydrogen) atoms. The van der Waals surface area contributed by atoms with E-state index in [4.69, 9.17) is 9.47 Å². The molecule has 2 heterocycles. The average molecular weight is 467 g/mol. The van der Waals surface area contributed by atoms with Crippen molar-refractivity contribution in [3.63, 3.8) is 0 Å². The van der Waals surface area contributed by atoms with E-state index in [2.05, 4.69) is 15.5 Å². The second-order valence-corrected chi connectivity index (χ2v) is 8.51. The standard InChI is InChI=1S/C23H22N4O5S/c1-14-7-9-16(10-8-14)24-21(29)22-26-25-19(33-22)13-31-20(28)11-12-27-17-5-3-4-6-18(17)32-15(2)23(27)30/h3-10,15H,11-13H2,1-2H3,(H,24,29). The maximum Gasteiger partial charge on any atom is 0.308 e. The molecule has 0 fully saturated rings. The predicted molar refractivity (Wildman–Crippen MR) is 122 cm³/mol. The number of nitrogens with zero attached hydrogens (tertiary/aromatic N) is 3. The number of ether oxygens (including phenoxy) is 2. The molecule has 0 saturated carbocycles. The summed E-state index contributed by atoms with van der Waals surface area (Å²) < 4.78 is 10.9. The molecular formula is C23H22N4O5S. The van der Waals surface area contributed by atoms with E-state index in [9.17, 15) is 14.4 Å². The molecule has 9 nitrogen and oxygen atoms in total. The summed E-state index contributed by atoms with van der Waals surface area (Å²) in [5, 5.41) is 11.1. The van der Waals surface area contributed by atoms with Gasteiger partial charge in [0.05, 0.1) is 12.1 Å². The zero-order valence-corrected chi connectivity index (χ0v) is 18.9. The van der Waals surface area contributed by atoms with E-state index in [1.165, 1.54) is 4.90 Å². The normalized spacial score (nSPS) is 14.9. The van der Waals surface area contributed by atoms with Gasteiger partial charge in [0.15, 0.2) is 11.1 Å². The molecule has 10 heteroatoms. The van der Waals surface area contributed by atoms with Crippen LogP contribution in [0.3, 0.4) is 0 Å². The van der Waals surface area contributed by atoms with Crippen molar-refractivity contribution in [2.75, 3.05) is 16.8 Å². The van der Waals surface area contributed by atoms with Crippen LogP contribution in [-0.4, -0.2) is 40.6 Å². The number of hydrogen-bond acceptors (Lipinski definition) is 8. The molecule has 0 bridgehead atoms. The number of amides is 2. The number of fused-ring (bicyclic) bond motifs is 1. The van der Waals surface area contributed by atoms with Crippen LogP contribution in [0.15, 0.2) is 48.5 Å². The topological polar surface area (TPSA) is 111 Å². The number of carbonyl (C=O) groups excluding carboxylic acids is 3. The number of anilines is 2. The Hall–Kier alpha value is -3.79. The molecule has 1 unspecified atom stereocenters. The highest BCUT2D eigenvalue weighted by Gasteiger charge is 2.31. The summed E-state index contributed by atoms with van der Waals surface area (Å²) in [6.45, 7) is 3.70. The third-order valence-corrected chi connectivity index (χ3v) is 5.84. The van der Waals surface area contributed by atoms with Crippen molar-refractivity contribution >= 4 is 40.5 Å². The van der Waals surface area contributed by atoms with Gasteiger partial charge in [0.25, 0.3) is 11.8 Å². The monoisotopic (exact) mass is 466 g/mol. The molecule has 0 spiro atoms. The fraction of sp³-hybridized carbons (Fsp3) is 0.261. The Bertz CT molecular complexity index is 1180. The van der Waals surface area contributed by atoms with Gasteiger partial charge in [-0.1, -0.05) is 41.2 Å². The summed E-state index contributed by atoms with van der Waals surface area (Å²) in [4.78, 5) is 38.6. The number of aryl methyl sites for hydroxylation is 1. The van der Waals surface area contributed by atoms with Crippen LogP contribution in [0.4, 0.5) is 11.4 Å². The number of carbonyl (C=O) groups is 3. The van der Waals surface area contributed by atoms with Crippen molar-refractivity contribution < 1.29 is 23.9 Å². The van der Waals surface area contributed by atoms with Crippen molar-refractivity contribution in [1.82, 2.24) is 10.2 Å². The Morgan fingerprint density at radius 1 is 1.15 bits per heavy atom. The van der Waals surface area contributed by atoms with Crippen LogP contribution in [0.25, 0.3) is 0 Å². The maximum atomic E-state index is 12.5. The van der Waals surface area contributed by atoms with Crippen LogP contribution in [0.5, 0.6) is 5.75 Å². The molecule has 1 N–H and O–H groups in total. The first-order chi connectivity index (χ1) is 15.9. The van der Waals surface area contributed by atoms with Gasteiger partial charge in [-0.25, -0.2) is 0 Å². The Kier molecular flexibility index (Phi) is 6.64. The molecule has 0 radical (unpaired) electrons. The van der Waals surface area contributed by atoms with Gasteiger partial charge in [0.1, 0.15) is 12.4 Å². The van der Waals surface area contributed by atoms with Gasteiger partial charge >= 0.3 is 5.97 Å². The maximum absolute atomic E-state index is 12.5. The second-order valence-electron chi connectivity index (χ2n) is 7.45. The highest BCUT2D eigenvalue weighted by Crippen LogP contribution is 2.33. The summed E-state index contributed by atoms with van der Waals surface area (Å²) in [6.07, 6.45) is -0.617. The lowest BCUT2D eigenvalue weighted by atomic mass is 10.2. The lowest BCUT2D eigenvalue weighted by Gasteiger charge is -2.32. The number of hydrogen-bond donors (Lipinski definition) is 1. The molecule has 2 amide bonds. The number of benzene rings is 2. The molecule has 0 saturated heterocycles. The van der Waals surface area contributed by atoms with E-state index in [1.807, 2.05) is 25.1 Å². The van der Waals surface area contributed by atoms with Gasteiger partial charge in [-0.15, -0.1) is 10.2 Å². The second kappa shape index (κ2) is 9.78. The van der Waals surface area contributed by atoms with Crippen LogP contribution in [-0.2, 0) is 20.9 Å². The Balaban J connectivity index is 1.28. The van der Waals surface area contributed by atoms with Crippen molar-refractivity contribution in [2.45, 2.75) is 33.0 Å². The third-order valence-electron chi connectivity index (χ3n) is 4.94. The first-order valence-corrected chi connectivity index (χ1v) is 11.2. The SMILES string of the molecule is Cc1ccc(NC(=O)c2nnc(COC(=O)CCN3C(=O)C(C)Oc4ccccc43)s2)cc1. The minimum absolute atomic E-state index is 0.00631. The van der Waals surface area contributed by atoms with Crippen LogP contribution in [0.1, 0.15) is 33.7 Å². The van der Waals surface area contributed by atoms with Crippen LogP contribution in [0, 0.1) is 6.92 Å². The van der Waals surface area contributed by atoms with Crippen molar-refractivity contribution in [3.05, 3.63) is 64.1 Å². The van der Waals surface area contributed by atoms with E-state index in [1.54, 1.807) is 37.3 Å². The summed E-state index contributed by atoms with van der Waals surface area (Å²) in [7, 11) is 0. The van der Waals surface area contributed by atoms with Crippen molar-refractivity contribution in [1.29, 1.82) is 0 Å². The van der Waals surface area contributed by atoms with Gasteiger partial charge in [-0.3, -0.25) is 14.4 Å². The van der Waals surface area contributed by atoms with Gasteiger partial charge in [-0.05, 0) is 38.1 Å². The van der Waals surface area contributed by atoms with E-state index in [-0.39, 0.29) is 36.4 Å². The molecule has 3 aromatic rings. The summed E-state index contributed by atoms with van der Waals surface area (Å²) in [5.41, 5.74) is 2.37. The summed E-state index contributed by atoms with van der Waals surface area (Å²) in [6, 6.07) is 14.6. The van der Waals surface area contributed by atoms with Crippen molar-refractivity contribution in [2.24, 2.45) is 0 Å². The van der Waals surface area contributed by atoms with Crippen LogP contribution in [0.2, 0.25) is 0 Å². The Labute approximate surface area is 194 Å². The Morgan fingerprint density at radius 3 is 2.70 bits per heavy atom. The molecule has 1 aliphatic rings. The van der Waals surface area contributed by atoms with Crippen molar-refractivity contribution in [3.8, 4) is 5.75 Å². The Morgan fingerprint density at radius 2 is 1.91 bits per heavy atom.